The molecule has 1 fully saturated rings. The van der Waals surface area contributed by atoms with Gasteiger partial charge in [0.05, 0.1) is 25.9 Å². The molecule has 0 aromatic heterocycles. The van der Waals surface area contributed by atoms with Gasteiger partial charge in [0.25, 0.3) is 0 Å². The first-order valence-electron chi connectivity index (χ1n) is 10.6. The van der Waals surface area contributed by atoms with E-state index in [9.17, 15) is 5.11 Å². The standard InChI is InChI=1S/C23H33N3O3/c1-2-24-23(26-15-21(27)17-28-16-18-8-9-18)25-12-5-13-29-22-11-10-19-6-3-4-7-20(19)14-22/h3-4,6-7,10-11,14,18,21,27H,2,5,8-9,12-13,15-17H2,1H3,(H2,24,25,26). The van der Waals surface area contributed by atoms with Crippen molar-refractivity contribution in [3.8, 4) is 5.75 Å². The number of guanidine groups is 1. The average molecular weight is 400 g/mol. The van der Waals surface area contributed by atoms with Gasteiger partial charge in [-0.2, -0.15) is 0 Å². The van der Waals surface area contributed by atoms with Crippen molar-refractivity contribution in [1.82, 2.24) is 10.6 Å². The third-order valence-corrected chi connectivity index (χ3v) is 4.77. The number of hydrogen-bond donors (Lipinski definition) is 3. The number of ether oxygens (including phenoxy) is 2. The van der Waals surface area contributed by atoms with E-state index >= 15 is 0 Å². The van der Waals surface area contributed by atoms with E-state index < -0.39 is 6.10 Å². The summed E-state index contributed by atoms with van der Waals surface area (Å²) in [5.74, 6) is 2.31. The molecule has 0 amide bonds. The van der Waals surface area contributed by atoms with Crippen LogP contribution in [0.2, 0.25) is 0 Å². The number of aliphatic imine (C=N–C) groups is 1. The third-order valence-electron chi connectivity index (χ3n) is 4.77. The van der Waals surface area contributed by atoms with Crippen LogP contribution < -0.4 is 15.4 Å². The maximum atomic E-state index is 10.0. The molecule has 1 atom stereocenters. The van der Waals surface area contributed by atoms with Gasteiger partial charge in [0.15, 0.2) is 5.96 Å². The first-order valence-corrected chi connectivity index (χ1v) is 10.6. The van der Waals surface area contributed by atoms with Crippen molar-refractivity contribution < 1.29 is 14.6 Å². The summed E-state index contributed by atoms with van der Waals surface area (Å²) in [7, 11) is 0. The van der Waals surface area contributed by atoms with Gasteiger partial charge in [-0.05, 0) is 55.0 Å². The van der Waals surface area contributed by atoms with E-state index in [1.54, 1.807) is 0 Å². The molecule has 1 saturated carbocycles. The summed E-state index contributed by atoms with van der Waals surface area (Å²) in [5.41, 5.74) is 0. The predicted octanol–water partition coefficient (Wildman–Crippen LogP) is 2.95. The van der Waals surface area contributed by atoms with Crippen molar-refractivity contribution in [2.24, 2.45) is 10.9 Å². The molecule has 2 aromatic rings. The van der Waals surface area contributed by atoms with Crippen LogP contribution in [-0.2, 0) is 4.74 Å². The van der Waals surface area contributed by atoms with Crippen LogP contribution in [0, 0.1) is 5.92 Å². The van der Waals surface area contributed by atoms with Crippen LogP contribution in [0.4, 0.5) is 0 Å². The largest absolute Gasteiger partial charge is 0.494 e. The lowest BCUT2D eigenvalue weighted by molar-refractivity contribution is 0.0368. The summed E-state index contributed by atoms with van der Waals surface area (Å²) in [6.07, 6.45) is 2.80. The van der Waals surface area contributed by atoms with Crippen LogP contribution in [0.5, 0.6) is 5.75 Å². The molecule has 1 aliphatic rings. The number of aliphatic hydroxyl groups is 1. The van der Waals surface area contributed by atoms with Crippen LogP contribution in [-0.4, -0.2) is 56.6 Å². The second-order valence-corrected chi connectivity index (χ2v) is 7.49. The van der Waals surface area contributed by atoms with E-state index in [0.717, 1.165) is 31.9 Å². The molecule has 0 saturated heterocycles. The molecule has 2 aromatic carbocycles. The molecule has 3 rings (SSSR count). The first kappa shape index (κ1) is 21.4. The van der Waals surface area contributed by atoms with Crippen LogP contribution in [0.15, 0.2) is 47.5 Å². The van der Waals surface area contributed by atoms with Gasteiger partial charge in [0.1, 0.15) is 5.75 Å². The molecule has 0 aliphatic heterocycles. The van der Waals surface area contributed by atoms with Crippen molar-refractivity contribution in [2.45, 2.75) is 32.3 Å². The Kier molecular flexibility index (Phi) is 8.58. The van der Waals surface area contributed by atoms with Crippen LogP contribution >= 0.6 is 0 Å². The second kappa shape index (κ2) is 11.6. The summed E-state index contributed by atoms with van der Waals surface area (Å²) < 4.78 is 11.4. The molecular weight excluding hydrogens is 366 g/mol. The third kappa shape index (κ3) is 7.91. The maximum Gasteiger partial charge on any atom is 0.191 e. The lowest BCUT2D eigenvalue weighted by atomic mass is 10.1. The molecule has 6 heteroatoms. The highest BCUT2D eigenvalue weighted by molar-refractivity contribution is 5.83. The molecule has 29 heavy (non-hydrogen) atoms. The minimum absolute atomic E-state index is 0.327. The Bertz CT molecular complexity index is 777. The van der Waals surface area contributed by atoms with E-state index in [-0.39, 0.29) is 0 Å². The van der Waals surface area contributed by atoms with E-state index in [1.807, 2.05) is 25.1 Å². The highest BCUT2D eigenvalue weighted by atomic mass is 16.5. The van der Waals surface area contributed by atoms with Gasteiger partial charge in [-0.1, -0.05) is 30.3 Å². The van der Waals surface area contributed by atoms with Gasteiger partial charge in [-0.3, -0.25) is 4.99 Å². The molecule has 1 aliphatic carbocycles. The van der Waals surface area contributed by atoms with E-state index in [1.165, 1.54) is 23.6 Å². The van der Waals surface area contributed by atoms with Crippen LogP contribution in [0.3, 0.4) is 0 Å². The fraction of sp³-hybridized carbons (Fsp3) is 0.522. The molecular formula is C23H33N3O3. The van der Waals surface area contributed by atoms with E-state index in [2.05, 4.69) is 39.9 Å². The molecule has 0 bridgehead atoms. The number of hydrogen-bond acceptors (Lipinski definition) is 4. The average Bonchev–Trinajstić information content (AvgIpc) is 3.56. The fourth-order valence-corrected chi connectivity index (χ4v) is 2.97. The Morgan fingerprint density at radius 3 is 2.79 bits per heavy atom. The zero-order chi connectivity index (χ0) is 20.3. The Hall–Kier alpha value is -2.31. The van der Waals surface area contributed by atoms with Crippen molar-refractivity contribution in [3.63, 3.8) is 0 Å². The van der Waals surface area contributed by atoms with Crippen molar-refractivity contribution in [1.29, 1.82) is 0 Å². The van der Waals surface area contributed by atoms with Crippen LogP contribution in [0.1, 0.15) is 26.2 Å². The molecule has 0 radical (unpaired) electrons. The molecule has 3 N–H and O–H groups in total. The Morgan fingerprint density at radius 1 is 1.17 bits per heavy atom. The minimum atomic E-state index is -0.569. The second-order valence-electron chi connectivity index (χ2n) is 7.49. The maximum absolute atomic E-state index is 10.0. The molecule has 0 heterocycles. The first-order chi connectivity index (χ1) is 14.2. The zero-order valence-electron chi connectivity index (χ0n) is 17.3. The molecule has 1 unspecified atom stereocenters. The summed E-state index contributed by atoms with van der Waals surface area (Å²) in [6, 6.07) is 14.4. The highest BCUT2D eigenvalue weighted by Gasteiger charge is 2.21. The highest BCUT2D eigenvalue weighted by Crippen LogP contribution is 2.28. The molecule has 6 nitrogen and oxygen atoms in total. The molecule has 158 valence electrons. The number of nitrogens with one attached hydrogen (secondary N) is 2. The normalized spacial score (nSPS) is 15.3. The van der Waals surface area contributed by atoms with Gasteiger partial charge in [-0.25, -0.2) is 0 Å². The van der Waals surface area contributed by atoms with Gasteiger partial charge in [-0.15, -0.1) is 0 Å². The number of nitrogens with zero attached hydrogens (tertiary/aromatic N) is 1. The number of aliphatic hydroxyl groups excluding tert-OH is 1. The topological polar surface area (TPSA) is 75.1 Å². The van der Waals surface area contributed by atoms with Crippen molar-refractivity contribution >= 4 is 16.7 Å². The lowest BCUT2D eigenvalue weighted by Gasteiger charge is -2.13. The predicted molar refractivity (Wildman–Crippen MR) is 118 cm³/mol. The Morgan fingerprint density at radius 2 is 2.00 bits per heavy atom. The quantitative estimate of drug-likeness (QED) is 0.291. The van der Waals surface area contributed by atoms with E-state index in [4.69, 9.17) is 9.47 Å². The number of benzene rings is 2. The van der Waals surface area contributed by atoms with Crippen LogP contribution in [0.25, 0.3) is 10.8 Å². The summed E-state index contributed by atoms with van der Waals surface area (Å²) >= 11 is 0. The van der Waals surface area contributed by atoms with Crippen molar-refractivity contribution in [3.05, 3.63) is 42.5 Å². The van der Waals surface area contributed by atoms with Gasteiger partial charge < -0.3 is 25.2 Å². The van der Waals surface area contributed by atoms with Gasteiger partial charge in [0, 0.05) is 19.7 Å². The fourth-order valence-electron chi connectivity index (χ4n) is 2.97. The minimum Gasteiger partial charge on any atom is -0.494 e. The summed E-state index contributed by atoms with van der Waals surface area (Å²) in [5, 5.41) is 18.9. The smallest absolute Gasteiger partial charge is 0.191 e. The van der Waals surface area contributed by atoms with Gasteiger partial charge in [0.2, 0.25) is 0 Å². The summed E-state index contributed by atoms with van der Waals surface area (Å²) in [4.78, 5) is 4.44. The number of rotatable bonds is 12. The Labute approximate surface area is 173 Å². The van der Waals surface area contributed by atoms with Gasteiger partial charge >= 0.3 is 0 Å². The monoisotopic (exact) mass is 399 g/mol. The van der Waals surface area contributed by atoms with Crippen molar-refractivity contribution in [2.75, 3.05) is 39.5 Å². The summed E-state index contributed by atoms with van der Waals surface area (Å²) in [6.45, 7) is 5.60. The lowest BCUT2D eigenvalue weighted by Crippen LogP contribution is -2.39. The zero-order valence-corrected chi connectivity index (χ0v) is 17.3. The Balaban J connectivity index is 1.33. The molecule has 0 spiro atoms. The van der Waals surface area contributed by atoms with E-state index in [0.29, 0.717) is 31.6 Å². The number of fused-ring (bicyclic) bond motifs is 1. The SMILES string of the molecule is CCNC(=NCC(O)COCC1CC1)NCCCOc1ccc2ccccc2c1.